The standard InChI is InChI=1S/C21H21FN4O2/c22-18-8-6-16(7-9-18)14-20(27)26-12-10-25(11-13-26)15-19-23-24-21(28-19)17-4-2-1-3-5-17/h1-9H,10-15H2. The Balaban J connectivity index is 1.28. The number of carbonyl (C=O) groups excluding carboxylic acids is 1. The molecule has 144 valence electrons. The number of rotatable bonds is 5. The van der Waals surface area contributed by atoms with Crippen molar-refractivity contribution in [3.63, 3.8) is 0 Å². The van der Waals surface area contributed by atoms with Crippen molar-refractivity contribution in [3.8, 4) is 11.5 Å². The summed E-state index contributed by atoms with van der Waals surface area (Å²) in [5.41, 5.74) is 1.73. The Bertz CT molecular complexity index is 919. The van der Waals surface area contributed by atoms with Gasteiger partial charge in [-0.3, -0.25) is 9.69 Å². The average Bonchev–Trinajstić information content (AvgIpc) is 3.19. The summed E-state index contributed by atoms with van der Waals surface area (Å²) in [6, 6.07) is 15.8. The molecule has 7 heteroatoms. The summed E-state index contributed by atoms with van der Waals surface area (Å²) in [6.07, 6.45) is 0.296. The Labute approximate surface area is 162 Å². The van der Waals surface area contributed by atoms with Crippen molar-refractivity contribution in [2.24, 2.45) is 0 Å². The predicted molar refractivity (Wildman–Crippen MR) is 102 cm³/mol. The first kappa shape index (κ1) is 18.3. The van der Waals surface area contributed by atoms with Gasteiger partial charge in [-0.15, -0.1) is 10.2 Å². The Hall–Kier alpha value is -3.06. The molecule has 0 saturated carbocycles. The van der Waals surface area contributed by atoms with Gasteiger partial charge >= 0.3 is 0 Å². The Morgan fingerprint density at radius 1 is 0.964 bits per heavy atom. The summed E-state index contributed by atoms with van der Waals surface area (Å²) in [6.45, 7) is 3.37. The van der Waals surface area contributed by atoms with Crippen LogP contribution in [0.5, 0.6) is 0 Å². The molecule has 0 radical (unpaired) electrons. The SMILES string of the molecule is O=C(Cc1ccc(F)cc1)N1CCN(Cc2nnc(-c3ccccc3)o2)CC1. The van der Waals surface area contributed by atoms with E-state index < -0.39 is 0 Å². The van der Waals surface area contributed by atoms with Gasteiger partial charge in [0.2, 0.25) is 17.7 Å². The molecule has 1 saturated heterocycles. The predicted octanol–water partition coefficient (Wildman–Crippen LogP) is 2.76. The number of nitrogens with zero attached hydrogens (tertiary/aromatic N) is 4. The fraction of sp³-hybridized carbons (Fsp3) is 0.286. The molecule has 0 aliphatic carbocycles. The minimum Gasteiger partial charge on any atom is -0.419 e. The maximum absolute atomic E-state index is 13.0. The van der Waals surface area contributed by atoms with E-state index in [1.54, 1.807) is 12.1 Å². The van der Waals surface area contributed by atoms with E-state index in [0.29, 0.717) is 37.8 Å². The van der Waals surface area contributed by atoms with Crippen LogP contribution in [0.4, 0.5) is 4.39 Å². The average molecular weight is 380 g/mol. The van der Waals surface area contributed by atoms with Gasteiger partial charge in [0.15, 0.2) is 0 Å². The first-order chi connectivity index (χ1) is 13.7. The molecule has 0 atom stereocenters. The van der Waals surface area contributed by atoms with Crippen molar-refractivity contribution in [3.05, 3.63) is 71.9 Å². The summed E-state index contributed by atoms with van der Waals surface area (Å²) in [4.78, 5) is 16.5. The molecule has 0 spiro atoms. The highest BCUT2D eigenvalue weighted by Gasteiger charge is 2.22. The zero-order valence-corrected chi connectivity index (χ0v) is 15.4. The third kappa shape index (κ3) is 4.43. The number of piperazine rings is 1. The van der Waals surface area contributed by atoms with Crippen molar-refractivity contribution in [1.29, 1.82) is 0 Å². The molecule has 3 aromatic rings. The van der Waals surface area contributed by atoms with Crippen LogP contribution in [0.3, 0.4) is 0 Å². The van der Waals surface area contributed by atoms with E-state index in [2.05, 4.69) is 15.1 Å². The molecule has 2 heterocycles. The smallest absolute Gasteiger partial charge is 0.247 e. The number of amides is 1. The quantitative estimate of drug-likeness (QED) is 0.681. The fourth-order valence-electron chi connectivity index (χ4n) is 3.25. The summed E-state index contributed by atoms with van der Waals surface area (Å²) < 4.78 is 18.7. The van der Waals surface area contributed by atoms with Crippen molar-refractivity contribution in [1.82, 2.24) is 20.0 Å². The van der Waals surface area contributed by atoms with Gasteiger partial charge in [0.1, 0.15) is 5.82 Å². The molecule has 0 unspecified atom stereocenters. The van der Waals surface area contributed by atoms with Crippen LogP contribution in [0.1, 0.15) is 11.5 Å². The summed E-state index contributed by atoms with van der Waals surface area (Å²) in [7, 11) is 0. The van der Waals surface area contributed by atoms with Crippen LogP contribution in [0.25, 0.3) is 11.5 Å². The second-order valence-corrected chi connectivity index (χ2v) is 6.83. The number of carbonyl (C=O) groups is 1. The van der Waals surface area contributed by atoms with E-state index in [9.17, 15) is 9.18 Å². The van der Waals surface area contributed by atoms with E-state index in [1.165, 1.54) is 12.1 Å². The molecule has 6 nitrogen and oxygen atoms in total. The lowest BCUT2D eigenvalue weighted by Gasteiger charge is -2.34. The first-order valence-electron chi connectivity index (χ1n) is 9.30. The largest absolute Gasteiger partial charge is 0.419 e. The van der Waals surface area contributed by atoms with Crippen LogP contribution in [-0.4, -0.2) is 52.1 Å². The number of hydrogen-bond donors (Lipinski definition) is 0. The molecule has 0 N–H and O–H groups in total. The Kier molecular flexibility index (Phi) is 5.43. The van der Waals surface area contributed by atoms with Crippen LogP contribution in [0, 0.1) is 5.82 Å². The number of aromatic nitrogens is 2. The normalized spacial score (nSPS) is 15.0. The zero-order chi connectivity index (χ0) is 19.3. The first-order valence-corrected chi connectivity index (χ1v) is 9.30. The highest BCUT2D eigenvalue weighted by molar-refractivity contribution is 5.78. The molecule has 2 aromatic carbocycles. The van der Waals surface area contributed by atoms with Gasteiger partial charge in [-0.25, -0.2) is 4.39 Å². The van der Waals surface area contributed by atoms with Gasteiger partial charge in [-0.05, 0) is 29.8 Å². The summed E-state index contributed by atoms with van der Waals surface area (Å²) in [5.74, 6) is 0.866. The lowest BCUT2D eigenvalue weighted by Crippen LogP contribution is -2.48. The summed E-state index contributed by atoms with van der Waals surface area (Å²) >= 11 is 0. The van der Waals surface area contributed by atoms with Crippen LogP contribution < -0.4 is 0 Å². The van der Waals surface area contributed by atoms with Gasteiger partial charge < -0.3 is 9.32 Å². The third-order valence-electron chi connectivity index (χ3n) is 4.84. The van der Waals surface area contributed by atoms with Crippen LogP contribution >= 0.6 is 0 Å². The summed E-state index contributed by atoms with van der Waals surface area (Å²) in [5, 5.41) is 8.25. The molecule has 4 rings (SSSR count). The minimum atomic E-state index is -0.290. The van der Waals surface area contributed by atoms with Crippen molar-refractivity contribution in [2.45, 2.75) is 13.0 Å². The minimum absolute atomic E-state index is 0.0652. The molecule has 28 heavy (non-hydrogen) atoms. The fourth-order valence-corrected chi connectivity index (χ4v) is 3.25. The monoisotopic (exact) mass is 380 g/mol. The topological polar surface area (TPSA) is 62.5 Å². The van der Waals surface area contributed by atoms with Gasteiger partial charge in [0.05, 0.1) is 13.0 Å². The van der Waals surface area contributed by atoms with Gasteiger partial charge in [0.25, 0.3) is 0 Å². The second-order valence-electron chi connectivity index (χ2n) is 6.83. The molecule has 1 aromatic heterocycles. The van der Waals surface area contributed by atoms with E-state index >= 15 is 0 Å². The highest BCUT2D eigenvalue weighted by Crippen LogP contribution is 2.18. The van der Waals surface area contributed by atoms with Crippen LogP contribution in [0.2, 0.25) is 0 Å². The van der Waals surface area contributed by atoms with E-state index in [1.807, 2.05) is 35.2 Å². The second kappa shape index (κ2) is 8.31. The molecular weight excluding hydrogens is 359 g/mol. The lowest BCUT2D eigenvalue weighted by atomic mass is 10.1. The molecule has 1 aliphatic rings. The lowest BCUT2D eigenvalue weighted by molar-refractivity contribution is -0.132. The van der Waals surface area contributed by atoms with Gasteiger partial charge in [-0.1, -0.05) is 30.3 Å². The van der Waals surface area contributed by atoms with E-state index in [-0.39, 0.29) is 11.7 Å². The molecule has 1 aliphatic heterocycles. The number of benzene rings is 2. The third-order valence-corrected chi connectivity index (χ3v) is 4.84. The molecular formula is C21H21FN4O2. The van der Waals surface area contributed by atoms with Crippen molar-refractivity contribution >= 4 is 5.91 Å². The molecule has 1 fully saturated rings. The maximum Gasteiger partial charge on any atom is 0.247 e. The van der Waals surface area contributed by atoms with E-state index in [4.69, 9.17) is 4.42 Å². The Morgan fingerprint density at radius 2 is 1.68 bits per heavy atom. The van der Waals surface area contributed by atoms with E-state index in [0.717, 1.165) is 24.2 Å². The number of hydrogen-bond acceptors (Lipinski definition) is 5. The zero-order valence-electron chi connectivity index (χ0n) is 15.4. The number of halogens is 1. The van der Waals surface area contributed by atoms with Gasteiger partial charge in [0, 0.05) is 31.7 Å². The van der Waals surface area contributed by atoms with Crippen LogP contribution in [0.15, 0.2) is 59.0 Å². The van der Waals surface area contributed by atoms with Crippen molar-refractivity contribution in [2.75, 3.05) is 26.2 Å². The van der Waals surface area contributed by atoms with Crippen LogP contribution in [-0.2, 0) is 17.8 Å². The van der Waals surface area contributed by atoms with Crippen molar-refractivity contribution < 1.29 is 13.6 Å². The maximum atomic E-state index is 13.0. The highest BCUT2D eigenvalue weighted by atomic mass is 19.1. The Morgan fingerprint density at radius 3 is 2.39 bits per heavy atom. The molecule has 1 amide bonds. The van der Waals surface area contributed by atoms with Gasteiger partial charge in [-0.2, -0.15) is 0 Å². The molecule has 0 bridgehead atoms.